The molecule has 0 bridgehead atoms. The number of hydrogen-bond acceptors (Lipinski definition) is 2. The molecule has 1 N–H and O–H groups in total. The smallest absolute Gasteiger partial charge is 0.330 e. The van der Waals surface area contributed by atoms with Crippen LogP contribution in [0.4, 0.5) is 0 Å². The van der Waals surface area contributed by atoms with E-state index in [9.17, 15) is 4.79 Å². The largest absolute Gasteiger partial charge is 0.478 e. The van der Waals surface area contributed by atoms with Crippen molar-refractivity contribution in [1.29, 1.82) is 0 Å². The Morgan fingerprint density at radius 1 is 1.67 bits per heavy atom. The Balaban J connectivity index is 3.79. The molecule has 0 saturated carbocycles. The van der Waals surface area contributed by atoms with Crippen LogP contribution in [0.25, 0.3) is 0 Å². The molecule has 3 nitrogen and oxygen atoms in total. The summed E-state index contributed by atoms with van der Waals surface area (Å²) in [6.45, 7) is 6.10. The molecule has 0 amide bonds. The van der Waals surface area contributed by atoms with Gasteiger partial charge in [0.1, 0.15) is 0 Å². The summed E-state index contributed by atoms with van der Waals surface area (Å²) in [6, 6.07) is 0. The molecule has 0 aromatic carbocycles. The van der Waals surface area contributed by atoms with E-state index in [-0.39, 0.29) is 6.10 Å². The SMILES string of the molecule is CCOC(C)CC=C(C)C(=O)O. The first-order valence-electron chi connectivity index (χ1n) is 4.09. The zero-order valence-corrected chi connectivity index (χ0v) is 7.83. The zero-order chi connectivity index (χ0) is 9.56. The monoisotopic (exact) mass is 172 g/mol. The summed E-state index contributed by atoms with van der Waals surface area (Å²) < 4.78 is 5.23. The molecule has 0 aromatic heterocycles. The Labute approximate surface area is 73.0 Å². The van der Waals surface area contributed by atoms with Gasteiger partial charge in [0.05, 0.1) is 6.10 Å². The number of aliphatic carboxylic acids is 1. The van der Waals surface area contributed by atoms with E-state index in [1.807, 2.05) is 13.8 Å². The summed E-state index contributed by atoms with van der Waals surface area (Å²) in [5.74, 6) is -0.862. The van der Waals surface area contributed by atoms with Crippen LogP contribution in [0.2, 0.25) is 0 Å². The van der Waals surface area contributed by atoms with Gasteiger partial charge in [-0.05, 0) is 27.2 Å². The fourth-order valence-electron chi connectivity index (χ4n) is 0.783. The highest BCUT2D eigenvalue weighted by molar-refractivity contribution is 5.85. The average Bonchev–Trinajstić information content (AvgIpc) is 2.00. The first kappa shape index (κ1) is 11.2. The van der Waals surface area contributed by atoms with Crippen LogP contribution in [-0.4, -0.2) is 23.8 Å². The molecule has 12 heavy (non-hydrogen) atoms. The quantitative estimate of drug-likeness (QED) is 0.643. The summed E-state index contributed by atoms with van der Waals surface area (Å²) >= 11 is 0. The fraction of sp³-hybridized carbons (Fsp3) is 0.667. The van der Waals surface area contributed by atoms with Crippen molar-refractivity contribution in [2.45, 2.75) is 33.3 Å². The van der Waals surface area contributed by atoms with Crippen LogP contribution in [0.3, 0.4) is 0 Å². The van der Waals surface area contributed by atoms with Gasteiger partial charge in [0.15, 0.2) is 0 Å². The highest BCUT2D eigenvalue weighted by Gasteiger charge is 2.01. The van der Waals surface area contributed by atoms with Crippen molar-refractivity contribution < 1.29 is 14.6 Å². The van der Waals surface area contributed by atoms with Crippen molar-refractivity contribution in [3.05, 3.63) is 11.6 Å². The van der Waals surface area contributed by atoms with E-state index in [1.54, 1.807) is 13.0 Å². The molecule has 3 heteroatoms. The Kier molecular flexibility index (Phi) is 5.37. The van der Waals surface area contributed by atoms with E-state index >= 15 is 0 Å². The Bertz CT molecular complexity index is 173. The maximum absolute atomic E-state index is 10.4. The Morgan fingerprint density at radius 2 is 2.25 bits per heavy atom. The summed E-state index contributed by atoms with van der Waals surface area (Å²) in [5, 5.41) is 8.52. The van der Waals surface area contributed by atoms with Gasteiger partial charge in [-0.1, -0.05) is 6.08 Å². The average molecular weight is 172 g/mol. The van der Waals surface area contributed by atoms with Gasteiger partial charge in [-0.2, -0.15) is 0 Å². The molecule has 0 aliphatic heterocycles. The van der Waals surface area contributed by atoms with E-state index in [2.05, 4.69) is 0 Å². The molecule has 1 atom stereocenters. The van der Waals surface area contributed by atoms with Crippen molar-refractivity contribution >= 4 is 5.97 Å². The normalized spacial score (nSPS) is 14.4. The molecule has 0 radical (unpaired) electrons. The Hall–Kier alpha value is -0.830. The van der Waals surface area contributed by atoms with E-state index in [0.29, 0.717) is 18.6 Å². The van der Waals surface area contributed by atoms with Gasteiger partial charge in [-0.3, -0.25) is 0 Å². The second-order valence-electron chi connectivity index (χ2n) is 2.69. The second-order valence-corrected chi connectivity index (χ2v) is 2.69. The molecule has 0 fully saturated rings. The molecule has 70 valence electrons. The number of carboxylic acid groups (broad SMARTS) is 1. The maximum Gasteiger partial charge on any atom is 0.330 e. The van der Waals surface area contributed by atoms with Gasteiger partial charge >= 0.3 is 5.97 Å². The third-order valence-electron chi connectivity index (χ3n) is 1.54. The predicted molar refractivity (Wildman–Crippen MR) is 47.1 cm³/mol. The molecule has 1 unspecified atom stereocenters. The number of carboxylic acids is 1. The molecule has 0 aliphatic rings. The summed E-state index contributed by atoms with van der Waals surface area (Å²) in [4.78, 5) is 10.4. The van der Waals surface area contributed by atoms with Gasteiger partial charge in [0.2, 0.25) is 0 Å². The van der Waals surface area contributed by atoms with Crippen LogP contribution in [0.5, 0.6) is 0 Å². The molecule has 0 saturated heterocycles. The van der Waals surface area contributed by atoms with Crippen LogP contribution in [-0.2, 0) is 9.53 Å². The maximum atomic E-state index is 10.4. The summed E-state index contributed by atoms with van der Waals surface area (Å²) in [7, 11) is 0. The van der Waals surface area contributed by atoms with Crippen LogP contribution < -0.4 is 0 Å². The van der Waals surface area contributed by atoms with E-state index in [0.717, 1.165) is 0 Å². The minimum Gasteiger partial charge on any atom is -0.478 e. The topological polar surface area (TPSA) is 46.5 Å². The summed E-state index contributed by atoms with van der Waals surface area (Å²) in [5.41, 5.74) is 0.376. The third kappa shape index (κ3) is 4.91. The minimum absolute atomic E-state index is 0.101. The predicted octanol–water partition coefficient (Wildman–Crippen LogP) is 1.83. The van der Waals surface area contributed by atoms with Crippen LogP contribution in [0.1, 0.15) is 27.2 Å². The first-order valence-corrected chi connectivity index (χ1v) is 4.09. The van der Waals surface area contributed by atoms with Gasteiger partial charge < -0.3 is 9.84 Å². The van der Waals surface area contributed by atoms with Gasteiger partial charge in [-0.15, -0.1) is 0 Å². The standard InChI is InChI=1S/C9H16O3/c1-4-12-8(3)6-5-7(2)9(10)11/h5,8H,4,6H2,1-3H3,(H,10,11). The van der Waals surface area contributed by atoms with E-state index in [1.165, 1.54) is 0 Å². The third-order valence-corrected chi connectivity index (χ3v) is 1.54. The van der Waals surface area contributed by atoms with E-state index < -0.39 is 5.97 Å². The summed E-state index contributed by atoms with van der Waals surface area (Å²) in [6.07, 6.45) is 2.44. The molecule has 0 spiro atoms. The highest BCUT2D eigenvalue weighted by atomic mass is 16.5. The lowest BCUT2D eigenvalue weighted by molar-refractivity contribution is -0.132. The second kappa shape index (κ2) is 5.77. The molecule has 0 aliphatic carbocycles. The van der Waals surface area contributed by atoms with Gasteiger partial charge in [0.25, 0.3) is 0 Å². The van der Waals surface area contributed by atoms with Crippen molar-refractivity contribution in [2.75, 3.05) is 6.61 Å². The number of hydrogen-bond donors (Lipinski definition) is 1. The van der Waals surface area contributed by atoms with Crippen LogP contribution >= 0.6 is 0 Å². The lowest BCUT2D eigenvalue weighted by Crippen LogP contribution is -2.07. The van der Waals surface area contributed by atoms with Crippen molar-refractivity contribution in [3.63, 3.8) is 0 Å². The molecular formula is C9H16O3. The lowest BCUT2D eigenvalue weighted by atomic mass is 10.2. The fourth-order valence-corrected chi connectivity index (χ4v) is 0.783. The molecule has 0 aromatic rings. The zero-order valence-electron chi connectivity index (χ0n) is 7.83. The van der Waals surface area contributed by atoms with Gasteiger partial charge in [0, 0.05) is 12.2 Å². The van der Waals surface area contributed by atoms with Crippen molar-refractivity contribution in [2.24, 2.45) is 0 Å². The molecular weight excluding hydrogens is 156 g/mol. The van der Waals surface area contributed by atoms with Crippen LogP contribution in [0, 0.1) is 0 Å². The van der Waals surface area contributed by atoms with Crippen LogP contribution in [0.15, 0.2) is 11.6 Å². The molecule has 0 heterocycles. The Morgan fingerprint density at radius 3 is 2.67 bits per heavy atom. The van der Waals surface area contributed by atoms with E-state index in [4.69, 9.17) is 9.84 Å². The minimum atomic E-state index is -0.862. The number of ether oxygens (including phenoxy) is 1. The number of carbonyl (C=O) groups is 1. The first-order chi connectivity index (χ1) is 5.57. The lowest BCUT2D eigenvalue weighted by Gasteiger charge is -2.07. The van der Waals surface area contributed by atoms with Gasteiger partial charge in [-0.25, -0.2) is 4.79 Å². The van der Waals surface area contributed by atoms with Crippen molar-refractivity contribution in [1.82, 2.24) is 0 Å². The number of rotatable bonds is 5. The molecule has 0 rings (SSSR count). The van der Waals surface area contributed by atoms with Crippen molar-refractivity contribution in [3.8, 4) is 0 Å². The highest BCUT2D eigenvalue weighted by Crippen LogP contribution is 2.02.